The van der Waals surface area contributed by atoms with Crippen LogP contribution in [0.5, 0.6) is 5.75 Å². The Bertz CT molecular complexity index is 1030. The fraction of sp³-hybridized carbons (Fsp3) is 0.200. The number of carbonyl (C=O) groups is 2. The first-order valence-electron chi connectivity index (χ1n) is 8.30. The predicted molar refractivity (Wildman–Crippen MR) is 112 cm³/mol. The van der Waals surface area contributed by atoms with Gasteiger partial charge < -0.3 is 14.4 Å². The van der Waals surface area contributed by atoms with Crippen LogP contribution in [0.25, 0.3) is 10.8 Å². The van der Waals surface area contributed by atoms with E-state index in [1.807, 2.05) is 36.4 Å². The van der Waals surface area contributed by atoms with E-state index in [1.54, 1.807) is 14.2 Å². The highest BCUT2D eigenvalue weighted by Gasteiger charge is 2.18. The van der Waals surface area contributed by atoms with E-state index in [9.17, 15) is 9.59 Å². The summed E-state index contributed by atoms with van der Waals surface area (Å²) < 4.78 is 10.9. The number of hydrogen-bond donors (Lipinski definition) is 0. The molecule has 0 spiro atoms. The average molecular weight is 438 g/mol. The van der Waals surface area contributed by atoms with Crippen molar-refractivity contribution in [2.24, 2.45) is 0 Å². The van der Waals surface area contributed by atoms with E-state index in [2.05, 4.69) is 0 Å². The SMILES string of the molecule is COc1ccc2cc(CN(C)C(=O)COC(=O)c3cc(Cl)sc3Cl)ccc2c1. The number of halogens is 2. The van der Waals surface area contributed by atoms with Gasteiger partial charge in [-0.2, -0.15) is 0 Å². The number of methoxy groups -OCH3 is 1. The number of fused-ring (bicyclic) bond motifs is 1. The van der Waals surface area contributed by atoms with E-state index in [-0.39, 0.29) is 22.4 Å². The molecule has 0 saturated carbocycles. The molecule has 1 amide bonds. The molecule has 2 aromatic carbocycles. The number of likely N-dealkylation sites (N-methyl/N-ethyl adjacent to an activating group) is 1. The Morgan fingerprint density at radius 1 is 1.07 bits per heavy atom. The lowest BCUT2D eigenvalue weighted by Gasteiger charge is -2.17. The standard InChI is InChI=1S/C20H17Cl2NO4S/c1-23(18(24)11-27-20(25)16-9-17(21)28-19(16)22)10-12-3-4-14-8-15(26-2)6-5-13(14)7-12/h3-9H,10-11H2,1-2H3. The molecule has 3 rings (SSSR count). The van der Waals surface area contributed by atoms with Crippen molar-refractivity contribution in [2.75, 3.05) is 20.8 Å². The summed E-state index contributed by atoms with van der Waals surface area (Å²) in [6.45, 7) is 0.0211. The topological polar surface area (TPSA) is 55.8 Å². The predicted octanol–water partition coefficient (Wildman–Crippen LogP) is 5.03. The number of ether oxygens (including phenoxy) is 2. The molecule has 28 heavy (non-hydrogen) atoms. The molecule has 0 N–H and O–H groups in total. The first-order chi connectivity index (χ1) is 13.4. The minimum atomic E-state index is -0.672. The van der Waals surface area contributed by atoms with Gasteiger partial charge >= 0.3 is 5.97 Å². The van der Waals surface area contributed by atoms with Crippen LogP contribution in [0, 0.1) is 0 Å². The van der Waals surface area contributed by atoms with Crippen LogP contribution in [-0.2, 0) is 16.1 Å². The average Bonchev–Trinajstić information content (AvgIpc) is 3.03. The Kier molecular flexibility index (Phi) is 6.44. The molecular weight excluding hydrogens is 421 g/mol. The van der Waals surface area contributed by atoms with Crippen molar-refractivity contribution in [1.82, 2.24) is 4.90 Å². The fourth-order valence-corrected chi connectivity index (χ4v) is 4.10. The molecule has 8 heteroatoms. The van der Waals surface area contributed by atoms with Crippen molar-refractivity contribution in [1.29, 1.82) is 0 Å². The van der Waals surface area contributed by atoms with Crippen molar-refractivity contribution < 1.29 is 19.1 Å². The second-order valence-corrected chi connectivity index (χ2v) is 8.40. The summed E-state index contributed by atoms with van der Waals surface area (Å²) in [7, 11) is 3.28. The molecule has 0 saturated heterocycles. The Hall–Kier alpha value is -2.28. The van der Waals surface area contributed by atoms with Crippen LogP contribution >= 0.6 is 34.5 Å². The zero-order chi connectivity index (χ0) is 20.3. The van der Waals surface area contributed by atoms with E-state index < -0.39 is 5.97 Å². The van der Waals surface area contributed by atoms with Gasteiger partial charge in [-0.05, 0) is 40.6 Å². The van der Waals surface area contributed by atoms with Gasteiger partial charge in [-0.25, -0.2) is 4.79 Å². The summed E-state index contributed by atoms with van der Waals surface area (Å²) >= 11 is 12.8. The summed E-state index contributed by atoms with van der Waals surface area (Å²) in [4.78, 5) is 25.8. The van der Waals surface area contributed by atoms with Crippen LogP contribution in [0.2, 0.25) is 8.67 Å². The lowest BCUT2D eigenvalue weighted by atomic mass is 10.1. The van der Waals surface area contributed by atoms with E-state index in [0.29, 0.717) is 10.9 Å². The first-order valence-corrected chi connectivity index (χ1v) is 9.87. The van der Waals surface area contributed by atoms with Crippen LogP contribution in [0.1, 0.15) is 15.9 Å². The Balaban J connectivity index is 1.60. The van der Waals surface area contributed by atoms with Gasteiger partial charge in [0.15, 0.2) is 6.61 Å². The molecule has 0 atom stereocenters. The number of esters is 1. The summed E-state index contributed by atoms with van der Waals surface area (Å²) in [6.07, 6.45) is 0. The van der Waals surface area contributed by atoms with E-state index >= 15 is 0 Å². The maximum atomic E-state index is 12.3. The molecule has 1 heterocycles. The molecule has 0 aliphatic heterocycles. The molecule has 146 valence electrons. The van der Waals surface area contributed by atoms with Crippen molar-refractivity contribution in [3.63, 3.8) is 0 Å². The molecular formula is C20H17Cl2NO4S. The van der Waals surface area contributed by atoms with Gasteiger partial charge in [-0.1, -0.05) is 41.4 Å². The molecule has 0 radical (unpaired) electrons. The van der Waals surface area contributed by atoms with Crippen molar-refractivity contribution in [3.8, 4) is 5.75 Å². The number of nitrogens with zero attached hydrogens (tertiary/aromatic N) is 1. The van der Waals surface area contributed by atoms with Gasteiger partial charge in [0.1, 0.15) is 10.1 Å². The Morgan fingerprint density at radius 2 is 1.79 bits per heavy atom. The molecule has 0 unspecified atom stereocenters. The summed E-state index contributed by atoms with van der Waals surface area (Å²) in [5.41, 5.74) is 1.13. The largest absolute Gasteiger partial charge is 0.497 e. The molecule has 1 aromatic heterocycles. The normalized spacial score (nSPS) is 10.7. The lowest BCUT2D eigenvalue weighted by Crippen LogP contribution is -2.30. The molecule has 0 aliphatic carbocycles. The molecule has 0 aliphatic rings. The number of hydrogen-bond acceptors (Lipinski definition) is 5. The fourth-order valence-electron chi connectivity index (χ4n) is 2.66. The maximum Gasteiger partial charge on any atom is 0.341 e. The number of benzene rings is 2. The van der Waals surface area contributed by atoms with Gasteiger partial charge in [-0.3, -0.25) is 4.79 Å². The maximum absolute atomic E-state index is 12.3. The third-order valence-electron chi connectivity index (χ3n) is 4.16. The van der Waals surface area contributed by atoms with Crippen molar-refractivity contribution >= 4 is 57.2 Å². The zero-order valence-electron chi connectivity index (χ0n) is 15.2. The smallest absolute Gasteiger partial charge is 0.341 e. The first kappa shape index (κ1) is 20.5. The van der Waals surface area contributed by atoms with Gasteiger partial charge in [0.2, 0.25) is 0 Å². The molecule has 3 aromatic rings. The second-order valence-electron chi connectivity index (χ2n) is 6.11. The highest BCUT2D eigenvalue weighted by molar-refractivity contribution is 7.20. The van der Waals surface area contributed by atoms with Crippen LogP contribution in [0.15, 0.2) is 42.5 Å². The highest BCUT2D eigenvalue weighted by Crippen LogP contribution is 2.31. The molecule has 0 bridgehead atoms. The third kappa shape index (κ3) is 4.76. The monoisotopic (exact) mass is 437 g/mol. The van der Waals surface area contributed by atoms with Crippen molar-refractivity contribution in [3.05, 3.63) is 62.3 Å². The highest BCUT2D eigenvalue weighted by atomic mass is 35.5. The number of rotatable bonds is 6. The van der Waals surface area contributed by atoms with Crippen LogP contribution in [0.4, 0.5) is 0 Å². The Labute approximate surface area is 176 Å². The summed E-state index contributed by atoms with van der Waals surface area (Å²) in [5.74, 6) is -0.198. The Morgan fingerprint density at radius 3 is 2.46 bits per heavy atom. The van der Waals surface area contributed by atoms with Crippen molar-refractivity contribution in [2.45, 2.75) is 6.54 Å². The number of amides is 1. The van der Waals surface area contributed by atoms with Crippen LogP contribution in [0.3, 0.4) is 0 Å². The van der Waals surface area contributed by atoms with E-state index in [0.717, 1.165) is 33.4 Å². The zero-order valence-corrected chi connectivity index (χ0v) is 17.5. The van der Waals surface area contributed by atoms with Gasteiger partial charge in [-0.15, -0.1) is 11.3 Å². The van der Waals surface area contributed by atoms with E-state index in [1.165, 1.54) is 11.0 Å². The lowest BCUT2D eigenvalue weighted by molar-refractivity contribution is -0.133. The second kappa shape index (κ2) is 8.82. The quantitative estimate of drug-likeness (QED) is 0.507. The molecule has 0 fully saturated rings. The van der Waals surface area contributed by atoms with Gasteiger partial charge in [0.25, 0.3) is 5.91 Å². The minimum Gasteiger partial charge on any atom is -0.497 e. The van der Waals surface area contributed by atoms with Crippen LogP contribution in [-0.4, -0.2) is 37.5 Å². The van der Waals surface area contributed by atoms with Gasteiger partial charge in [0, 0.05) is 13.6 Å². The molecule has 5 nitrogen and oxygen atoms in total. The van der Waals surface area contributed by atoms with E-state index in [4.69, 9.17) is 32.7 Å². The third-order valence-corrected chi connectivity index (χ3v) is 5.65. The summed E-state index contributed by atoms with van der Waals surface area (Å²) in [5, 5.41) is 2.10. The summed E-state index contributed by atoms with van der Waals surface area (Å²) in [6, 6.07) is 13.2. The minimum absolute atomic E-state index is 0.164. The number of carbonyl (C=O) groups excluding carboxylic acids is 2. The van der Waals surface area contributed by atoms with Crippen LogP contribution < -0.4 is 4.74 Å². The number of thiophene rings is 1. The van der Waals surface area contributed by atoms with Gasteiger partial charge in [0.05, 0.1) is 17.0 Å².